The van der Waals surface area contributed by atoms with E-state index in [1.807, 2.05) is 0 Å². The number of aromatic nitrogens is 2. The van der Waals surface area contributed by atoms with Gasteiger partial charge in [-0.25, -0.2) is 22.2 Å². The van der Waals surface area contributed by atoms with E-state index in [2.05, 4.69) is 10.3 Å². The molecule has 0 spiro atoms. The molecular formula is C24H24ClF2N3O3S. The molecule has 1 N–H and O–H groups in total. The third kappa shape index (κ3) is 4.44. The number of nitrogens with zero attached hydrogens (tertiary/aromatic N) is 2. The molecule has 0 bridgehead atoms. The maximum atomic E-state index is 15.2. The first-order chi connectivity index (χ1) is 16.2. The second-order valence-electron chi connectivity index (χ2n) is 8.92. The molecule has 2 aromatic carbocycles. The second-order valence-corrected chi connectivity index (χ2v) is 11.3. The van der Waals surface area contributed by atoms with E-state index in [1.54, 1.807) is 12.1 Å². The van der Waals surface area contributed by atoms with E-state index in [1.165, 1.54) is 35.2 Å². The predicted molar refractivity (Wildman–Crippen MR) is 124 cm³/mol. The van der Waals surface area contributed by atoms with Crippen molar-refractivity contribution in [3.05, 3.63) is 70.5 Å². The maximum absolute atomic E-state index is 15.2. The highest BCUT2D eigenvalue weighted by Crippen LogP contribution is 2.40. The largest absolute Gasteiger partial charge is 0.481 e. The van der Waals surface area contributed by atoms with Crippen LogP contribution in [-0.4, -0.2) is 36.3 Å². The van der Waals surface area contributed by atoms with Gasteiger partial charge in [-0.2, -0.15) is 0 Å². The summed E-state index contributed by atoms with van der Waals surface area (Å²) in [5, 5.41) is 3.66. The number of hydrogen-bond acceptors (Lipinski definition) is 5. The lowest BCUT2D eigenvalue weighted by molar-refractivity contribution is 0.153. The number of hydrogen-bond donors (Lipinski definition) is 1. The van der Waals surface area contributed by atoms with Crippen LogP contribution in [0.5, 0.6) is 5.75 Å². The van der Waals surface area contributed by atoms with Gasteiger partial charge in [0.25, 0.3) is 0 Å². The van der Waals surface area contributed by atoms with Crippen molar-refractivity contribution in [1.82, 2.24) is 14.9 Å². The van der Waals surface area contributed by atoms with Gasteiger partial charge in [-0.1, -0.05) is 24.4 Å². The monoisotopic (exact) mass is 507 g/mol. The second kappa shape index (κ2) is 8.94. The standard InChI is InChI=1S/C24H24ClF2N3O3S/c1-34(31,32)24-28-8-9-30(24)16-6-7-22(20(27)12-16)33-23-18-10-14(25)11-19(26)17(18)13-21(23)29-15-4-2-3-5-15/h6-12,15,21,23,29H,2-5,13H2,1H3/t21-,23+/m0/s1. The zero-order valence-electron chi connectivity index (χ0n) is 18.5. The van der Waals surface area contributed by atoms with Crippen molar-refractivity contribution < 1.29 is 21.9 Å². The summed E-state index contributed by atoms with van der Waals surface area (Å²) in [6, 6.07) is 7.25. The Hall–Kier alpha value is -2.49. The highest BCUT2D eigenvalue weighted by atomic mass is 35.5. The normalized spacial score (nSPS) is 20.6. The number of ether oxygens (including phenoxy) is 1. The molecule has 34 heavy (non-hydrogen) atoms. The summed E-state index contributed by atoms with van der Waals surface area (Å²) in [5.41, 5.74) is 1.43. The first-order valence-electron chi connectivity index (χ1n) is 11.1. The molecular weight excluding hydrogens is 484 g/mol. The molecule has 180 valence electrons. The molecule has 1 saturated carbocycles. The average molecular weight is 508 g/mol. The Bertz CT molecular complexity index is 1340. The number of fused-ring (bicyclic) bond motifs is 1. The van der Waals surface area contributed by atoms with Crippen LogP contribution in [0.1, 0.15) is 42.9 Å². The van der Waals surface area contributed by atoms with Gasteiger partial charge in [-0.3, -0.25) is 4.57 Å². The highest BCUT2D eigenvalue weighted by molar-refractivity contribution is 7.90. The van der Waals surface area contributed by atoms with Gasteiger partial charge in [0.05, 0.1) is 11.7 Å². The van der Waals surface area contributed by atoms with Gasteiger partial charge in [0.2, 0.25) is 15.0 Å². The van der Waals surface area contributed by atoms with Crippen LogP contribution >= 0.6 is 11.6 Å². The van der Waals surface area contributed by atoms with E-state index in [0.717, 1.165) is 31.9 Å². The van der Waals surface area contributed by atoms with Crippen molar-refractivity contribution in [2.45, 2.75) is 55.4 Å². The van der Waals surface area contributed by atoms with Gasteiger partial charge in [0, 0.05) is 41.3 Å². The highest BCUT2D eigenvalue weighted by Gasteiger charge is 2.38. The SMILES string of the molecule is CS(=O)(=O)c1nccn1-c1ccc(O[C@@H]2c3cc(Cl)cc(F)c3C[C@@H]2NC2CCCC2)c(F)c1. The predicted octanol–water partition coefficient (Wildman–Crippen LogP) is 4.78. The van der Waals surface area contributed by atoms with E-state index in [4.69, 9.17) is 16.3 Å². The summed E-state index contributed by atoms with van der Waals surface area (Å²) in [6.45, 7) is 0. The molecule has 1 fully saturated rings. The lowest BCUT2D eigenvalue weighted by Crippen LogP contribution is -2.41. The maximum Gasteiger partial charge on any atom is 0.231 e. The van der Waals surface area contributed by atoms with E-state index in [0.29, 0.717) is 29.3 Å². The molecule has 2 aliphatic carbocycles. The van der Waals surface area contributed by atoms with Crippen LogP contribution in [0.2, 0.25) is 5.02 Å². The number of sulfone groups is 1. The van der Waals surface area contributed by atoms with Crippen LogP contribution in [0.15, 0.2) is 47.9 Å². The zero-order valence-corrected chi connectivity index (χ0v) is 20.0. The molecule has 0 amide bonds. The Kier molecular flexibility index (Phi) is 6.12. The summed E-state index contributed by atoms with van der Waals surface area (Å²) in [4.78, 5) is 3.86. The van der Waals surface area contributed by atoms with Crippen molar-refractivity contribution in [2.75, 3.05) is 6.26 Å². The van der Waals surface area contributed by atoms with Crippen LogP contribution in [0.25, 0.3) is 5.69 Å². The molecule has 2 aliphatic rings. The summed E-state index contributed by atoms with van der Waals surface area (Å²) in [6.07, 6.45) is 8.00. The number of imidazole rings is 1. The summed E-state index contributed by atoms with van der Waals surface area (Å²) in [7, 11) is -3.60. The molecule has 10 heteroatoms. The number of halogens is 3. The molecule has 1 heterocycles. The Morgan fingerprint density at radius 1 is 1.15 bits per heavy atom. The van der Waals surface area contributed by atoms with Crippen LogP contribution in [0.3, 0.4) is 0 Å². The molecule has 0 radical (unpaired) electrons. The number of nitrogens with one attached hydrogen (secondary N) is 1. The Balaban J connectivity index is 1.46. The molecule has 1 aromatic heterocycles. The van der Waals surface area contributed by atoms with Crippen LogP contribution in [-0.2, 0) is 16.3 Å². The van der Waals surface area contributed by atoms with E-state index in [-0.39, 0.29) is 22.0 Å². The Morgan fingerprint density at radius 2 is 1.91 bits per heavy atom. The minimum Gasteiger partial charge on any atom is -0.481 e. The van der Waals surface area contributed by atoms with Crippen molar-refractivity contribution in [3.8, 4) is 11.4 Å². The van der Waals surface area contributed by atoms with Gasteiger partial charge in [-0.05, 0) is 49.1 Å². The van der Waals surface area contributed by atoms with Crippen LogP contribution in [0.4, 0.5) is 8.78 Å². The van der Waals surface area contributed by atoms with Crippen molar-refractivity contribution >= 4 is 21.4 Å². The summed E-state index contributed by atoms with van der Waals surface area (Å²) in [5.74, 6) is -1.07. The number of rotatable bonds is 6. The van der Waals surface area contributed by atoms with E-state index < -0.39 is 27.6 Å². The van der Waals surface area contributed by atoms with Crippen LogP contribution < -0.4 is 10.1 Å². The Morgan fingerprint density at radius 3 is 2.62 bits per heavy atom. The third-order valence-electron chi connectivity index (χ3n) is 6.48. The molecule has 2 atom stereocenters. The van der Waals surface area contributed by atoms with Crippen molar-refractivity contribution in [3.63, 3.8) is 0 Å². The average Bonchev–Trinajstić information content (AvgIpc) is 3.51. The summed E-state index contributed by atoms with van der Waals surface area (Å²) < 4.78 is 61.2. The Labute approximate surface area is 201 Å². The minimum absolute atomic E-state index is 0.0128. The van der Waals surface area contributed by atoms with Crippen molar-refractivity contribution in [1.29, 1.82) is 0 Å². The lowest BCUT2D eigenvalue weighted by Gasteiger charge is -2.26. The molecule has 6 nitrogen and oxygen atoms in total. The quantitative estimate of drug-likeness (QED) is 0.519. The van der Waals surface area contributed by atoms with E-state index >= 15 is 4.39 Å². The smallest absolute Gasteiger partial charge is 0.231 e. The molecule has 5 rings (SSSR count). The van der Waals surface area contributed by atoms with E-state index in [9.17, 15) is 12.8 Å². The lowest BCUT2D eigenvalue weighted by atomic mass is 10.1. The fourth-order valence-electron chi connectivity index (χ4n) is 4.96. The van der Waals surface area contributed by atoms with Crippen molar-refractivity contribution in [2.24, 2.45) is 0 Å². The first-order valence-corrected chi connectivity index (χ1v) is 13.4. The molecule has 0 unspecified atom stereocenters. The molecule has 0 saturated heterocycles. The van der Waals surface area contributed by atoms with Gasteiger partial charge in [0.1, 0.15) is 11.9 Å². The summed E-state index contributed by atoms with van der Waals surface area (Å²) >= 11 is 6.13. The van der Waals surface area contributed by atoms with Gasteiger partial charge >= 0.3 is 0 Å². The fourth-order valence-corrected chi connectivity index (χ4v) is 5.95. The topological polar surface area (TPSA) is 73.2 Å². The molecule has 0 aliphatic heterocycles. The molecule has 3 aromatic rings. The zero-order chi connectivity index (χ0) is 24.0. The third-order valence-corrected chi connectivity index (χ3v) is 7.67. The number of benzene rings is 2. The minimum atomic E-state index is -3.60. The van der Waals surface area contributed by atoms with Gasteiger partial charge in [0.15, 0.2) is 11.6 Å². The van der Waals surface area contributed by atoms with Gasteiger partial charge < -0.3 is 10.1 Å². The fraction of sp³-hybridized carbons (Fsp3) is 0.375. The van der Waals surface area contributed by atoms with Gasteiger partial charge in [-0.15, -0.1) is 0 Å². The van der Waals surface area contributed by atoms with Crippen LogP contribution in [0, 0.1) is 11.6 Å². The first kappa shape index (κ1) is 23.3.